The van der Waals surface area contributed by atoms with E-state index in [0.717, 1.165) is 4.47 Å². The average Bonchev–Trinajstić information content (AvgIpc) is 3.12. The van der Waals surface area contributed by atoms with Gasteiger partial charge in [0.15, 0.2) is 0 Å². The van der Waals surface area contributed by atoms with Gasteiger partial charge in [-0.1, -0.05) is 22.0 Å². The molecule has 0 aromatic heterocycles. The maximum Gasteiger partial charge on any atom is 0.243 e. The number of sulfonamides is 1. The lowest BCUT2D eigenvalue weighted by molar-refractivity contribution is 0.187. The standard InChI is InChI=1S/C12H16BrNO3S/c1-9-10(13)4-3-5-11(9)18(16,17)14(2)12(8-15)6-7-12/h3-5,15H,6-8H2,1-2H3. The number of aliphatic hydroxyl groups excluding tert-OH is 1. The molecule has 0 amide bonds. The first-order chi connectivity index (χ1) is 8.35. The van der Waals surface area contributed by atoms with Crippen LogP contribution in [0.25, 0.3) is 0 Å². The Morgan fingerprint density at radius 1 is 1.44 bits per heavy atom. The van der Waals surface area contributed by atoms with Crippen molar-refractivity contribution < 1.29 is 13.5 Å². The summed E-state index contributed by atoms with van der Waals surface area (Å²) in [6.45, 7) is 1.64. The summed E-state index contributed by atoms with van der Waals surface area (Å²) in [5.74, 6) is 0. The van der Waals surface area contributed by atoms with Crippen molar-refractivity contribution >= 4 is 26.0 Å². The van der Waals surface area contributed by atoms with Crippen LogP contribution in [0.4, 0.5) is 0 Å². The Labute approximate surface area is 116 Å². The lowest BCUT2D eigenvalue weighted by Crippen LogP contribution is -2.41. The third kappa shape index (κ3) is 2.11. The predicted octanol–water partition coefficient (Wildman–Crippen LogP) is 1.90. The van der Waals surface area contributed by atoms with Crippen molar-refractivity contribution in [1.29, 1.82) is 0 Å². The monoisotopic (exact) mass is 333 g/mol. The molecule has 1 aliphatic carbocycles. The first-order valence-electron chi connectivity index (χ1n) is 5.70. The summed E-state index contributed by atoms with van der Waals surface area (Å²) >= 11 is 3.34. The van der Waals surface area contributed by atoms with Crippen LogP contribution in [0.1, 0.15) is 18.4 Å². The van der Waals surface area contributed by atoms with Crippen LogP contribution in [0.15, 0.2) is 27.6 Å². The van der Waals surface area contributed by atoms with E-state index in [9.17, 15) is 13.5 Å². The first-order valence-corrected chi connectivity index (χ1v) is 7.93. The second kappa shape index (κ2) is 4.59. The molecule has 1 aliphatic rings. The van der Waals surface area contributed by atoms with Crippen LogP contribution < -0.4 is 0 Å². The van der Waals surface area contributed by atoms with Gasteiger partial charge in [-0.3, -0.25) is 0 Å². The summed E-state index contributed by atoms with van der Waals surface area (Å²) in [5.41, 5.74) is 0.103. The second-order valence-electron chi connectivity index (χ2n) is 4.72. The largest absolute Gasteiger partial charge is 0.394 e. The SMILES string of the molecule is Cc1c(Br)cccc1S(=O)(=O)N(C)C1(CO)CC1. The maximum atomic E-state index is 12.5. The highest BCUT2D eigenvalue weighted by Gasteiger charge is 2.51. The van der Waals surface area contributed by atoms with Crippen LogP contribution in [0.3, 0.4) is 0 Å². The van der Waals surface area contributed by atoms with Gasteiger partial charge in [-0.2, -0.15) is 4.31 Å². The van der Waals surface area contributed by atoms with Gasteiger partial charge in [0, 0.05) is 11.5 Å². The van der Waals surface area contributed by atoms with Crippen LogP contribution in [-0.4, -0.2) is 37.0 Å². The van der Waals surface area contributed by atoms with E-state index in [1.807, 2.05) is 6.07 Å². The molecular weight excluding hydrogens is 318 g/mol. The minimum atomic E-state index is -3.56. The first kappa shape index (κ1) is 14.0. The smallest absolute Gasteiger partial charge is 0.243 e. The number of hydrogen-bond acceptors (Lipinski definition) is 3. The molecule has 1 saturated carbocycles. The fourth-order valence-electron chi connectivity index (χ4n) is 1.99. The quantitative estimate of drug-likeness (QED) is 0.915. The molecule has 6 heteroatoms. The topological polar surface area (TPSA) is 57.6 Å². The molecule has 1 aromatic carbocycles. The van der Waals surface area contributed by atoms with E-state index in [2.05, 4.69) is 15.9 Å². The van der Waals surface area contributed by atoms with Crippen molar-refractivity contribution in [1.82, 2.24) is 4.31 Å². The summed E-state index contributed by atoms with van der Waals surface area (Å²) in [6, 6.07) is 5.11. The summed E-state index contributed by atoms with van der Waals surface area (Å²) in [6.07, 6.45) is 1.43. The zero-order valence-corrected chi connectivity index (χ0v) is 12.8. The highest BCUT2D eigenvalue weighted by atomic mass is 79.9. The molecule has 2 rings (SSSR count). The number of likely N-dealkylation sites (N-methyl/N-ethyl adjacent to an activating group) is 1. The van der Waals surface area contributed by atoms with Gasteiger partial charge in [0.1, 0.15) is 0 Å². The number of rotatable bonds is 4. The normalized spacial score (nSPS) is 18.1. The zero-order chi connectivity index (χ0) is 13.6. The van der Waals surface area contributed by atoms with Gasteiger partial charge in [0.25, 0.3) is 0 Å². The third-order valence-electron chi connectivity index (χ3n) is 3.65. The summed E-state index contributed by atoms with van der Waals surface area (Å²) in [5, 5.41) is 9.35. The van der Waals surface area contributed by atoms with Gasteiger partial charge in [0.2, 0.25) is 10.0 Å². The van der Waals surface area contributed by atoms with Gasteiger partial charge < -0.3 is 5.11 Å². The number of hydrogen-bond donors (Lipinski definition) is 1. The summed E-state index contributed by atoms with van der Waals surface area (Å²) in [7, 11) is -2.02. The van der Waals surface area contributed by atoms with E-state index in [4.69, 9.17) is 0 Å². The van der Waals surface area contributed by atoms with E-state index in [-0.39, 0.29) is 6.61 Å². The lowest BCUT2D eigenvalue weighted by atomic mass is 10.2. The fraction of sp³-hybridized carbons (Fsp3) is 0.500. The number of nitrogens with zero attached hydrogens (tertiary/aromatic N) is 1. The van der Waals surface area contributed by atoms with Crippen LogP contribution >= 0.6 is 15.9 Å². The summed E-state index contributed by atoms with van der Waals surface area (Å²) in [4.78, 5) is 0.291. The molecule has 0 bridgehead atoms. The number of halogens is 1. The molecule has 100 valence electrons. The van der Waals surface area contributed by atoms with Crippen molar-refractivity contribution in [2.75, 3.05) is 13.7 Å². The zero-order valence-electron chi connectivity index (χ0n) is 10.4. The highest BCUT2D eigenvalue weighted by Crippen LogP contribution is 2.43. The van der Waals surface area contributed by atoms with Gasteiger partial charge in [-0.25, -0.2) is 8.42 Å². The Morgan fingerprint density at radius 3 is 2.56 bits per heavy atom. The van der Waals surface area contributed by atoms with Gasteiger partial charge in [-0.05, 0) is 37.5 Å². The minimum Gasteiger partial charge on any atom is -0.394 e. The van der Waals surface area contributed by atoms with Crippen molar-refractivity contribution in [3.8, 4) is 0 Å². The van der Waals surface area contributed by atoms with Crippen LogP contribution in [0.2, 0.25) is 0 Å². The maximum absolute atomic E-state index is 12.5. The molecule has 0 unspecified atom stereocenters. The van der Waals surface area contributed by atoms with Gasteiger partial charge in [0.05, 0.1) is 17.0 Å². The van der Waals surface area contributed by atoms with Crippen LogP contribution in [0, 0.1) is 6.92 Å². The highest BCUT2D eigenvalue weighted by molar-refractivity contribution is 9.10. The molecule has 0 radical (unpaired) electrons. The molecule has 0 atom stereocenters. The van der Waals surface area contributed by atoms with Gasteiger partial charge >= 0.3 is 0 Å². The average molecular weight is 334 g/mol. The Bertz CT molecular complexity index is 567. The summed E-state index contributed by atoms with van der Waals surface area (Å²) < 4.78 is 27.2. The van der Waals surface area contributed by atoms with Crippen LogP contribution in [-0.2, 0) is 10.0 Å². The Kier molecular flexibility index (Phi) is 3.57. The van der Waals surface area contributed by atoms with E-state index < -0.39 is 15.6 Å². The Balaban J connectivity index is 2.46. The number of benzene rings is 1. The van der Waals surface area contributed by atoms with Gasteiger partial charge in [-0.15, -0.1) is 0 Å². The van der Waals surface area contributed by atoms with E-state index in [1.165, 1.54) is 4.31 Å². The molecule has 4 nitrogen and oxygen atoms in total. The number of aliphatic hydroxyl groups is 1. The van der Waals surface area contributed by atoms with Crippen molar-refractivity contribution in [2.24, 2.45) is 0 Å². The Morgan fingerprint density at radius 2 is 2.06 bits per heavy atom. The van der Waals surface area contributed by atoms with E-state index in [1.54, 1.807) is 26.1 Å². The van der Waals surface area contributed by atoms with Crippen molar-refractivity contribution in [3.05, 3.63) is 28.2 Å². The molecule has 18 heavy (non-hydrogen) atoms. The van der Waals surface area contributed by atoms with E-state index in [0.29, 0.717) is 23.3 Å². The van der Waals surface area contributed by atoms with Crippen molar-refractivity contribution in [2.45, 2.75) is 30.2 Å². The van der Waals surface area contributed by atoms with Crippen molar-refractivity contribution in [3.63, 3.8) is 0 Å². The molecular formula is C12H16BrNO3S. The molecule has 1 aromatic rings. The molecule has 0 saturated heterocycles. The molecule has 1 N–H and O–H groups in total. The molecule has 1 fully saturated rings. The fourth-order valence-corrected chi connectivity index (χ4v) is 4.28. The second-order valence-corrected chi connectivity index (χ2v) is 7.51. The molecule has 0 aliphatic heterocycles. The third-order valence-corrected chi connectivity index (χ3v) is 6.61. The predicted molar refractivity (Wildman–Crippen MR) is 72.9 cm³/mol. The van der Waals surface area contributed by atoms with Crippen LogP contribution in [0.5, 0.6) is 0 Å². The minimum absolute atomic E-state index is 0.129. The molecule has 0 spiro atoms. The molecule has 0 heterocycles. The Hall–Kier alpha value is -0.430. The van der Waals surface area contributed by atoms with E-state index >= 15 is 0 Å². The lowest BCUT2D eigenvalue weighted by Gasteiger charge is -2.26.